The maximum atomic E-state index is 11.7. The monoisotopic (exact) mass is 261 g/mol. The van der Waals surface area contributed by atoms with Gasteiger partial charge in [0.15, 0.2) is 0 Å². The zero-order valence-corrected chi connectivity index (χ0v) is 11.6. The smallest absolute Gasteiger partial charge is 0.304 e. The molecule has 0 atom stereocenters. The van der Waals surface area contributed by atoms with Crippen molar-refractivity contribution in [3.63, 3.8) is 0 Å². The third kappa shape index (κ3) is 2.48. The Kier molecular flexibility index (Phi) is 3.35. The molecule has 1 aliphatic heterocycles. The average molecular weight is 261 g/mol. The summed E-state index contributed by atoms with van der Waals surface area (Å²) in [6.45, 7) is 3.88. The average Bonchev–Trinajstić information content (AvgIpc) is 2.32. The number of carbonyl (C=O) groups excluding carboxylic acids is 1. The standard InChI is InChI=1S/C15H19NO3/c1-15(2,9-14(18)19)11-5-4-6-12-10(11)7-8-13(17)16(12)3/h4-6H,7-9H2,1-3H3,(H,18,19). The van der Waals surface area contributed by atoms with Crippen LogP contribution in [-0.4, -0.2) is 24.0 Å². The van der Waals surface area contributed by atoms with Gasteiger partial charge in [0.05, 0.1) is 6.42 Å². The van der Waals surface area contributed by atoms with Crippen LogP contribution in [0.25, 0.3) is 0 Å². The molecule has 1 aliphatic rings. The Bertz CT molecular complexity index is 534. The van der Waals surface area contributed by atoms with Crippen molar-refractivity contribution in [3.05, 3.63) is 29.3 Å². The molecule has 19 heavy (non-hydrogen) atoms. The second-order valence-electron chi connectivity index (χ2n) is 5.71. The Morgan fingerprint density at radius 2 is 2.05 bits per heavy atom. The molecule has 0 spiro atoms. The third-order valence-electron chi connectivity index (χ3n) is 3.80. The molecule has 1 N–H and O–H groups in total. The zero-order chi connectivity index (χ0) is 14.2. The first-order valence-corrected chi connectivity index (χ1v) is 6.43. The van der Waals surface area contributed by atoms with Crippen LogP contribution in [0.5, 0.6) is 0 Å². The molecule has 0 bridgehead atoms. The topological polar surface area (TPSA) is 57.6 Å². The Balaban J connectivity index is 2.49. The van der Waals surface area contributed by atoms with Crippen molar-refractivity contribution < 1.29 is 14.7 Å². The predicted octanol–water partition coefficient (Wildman–Crippen LogP) is 2.35. The van der Waals surface area contributed by atoms with Crippen molar-refractivity contribution in [2.45, 2.75) is 38.5 Å². The summed E-state index contributed by atoms with van der Waals surface area (Å²) >= 11 is 0. The lowest BCUT2D eigenvalue weighted by Gasteiger charge is -2.32. The van der Waals surface area contributed by atoms with Crippen molar-refractivity contribution in [2.75, 3.05) is 11.9 Å². The van der Waals surface area contributed by atoms with E-state index in [4.69, 9.17) is 5.11 Å². The summed E-state index contributed by atoms with van der Waals surface area (Å²) in [7, 11) is 1.77. The van der Waals surface area contributed by atoms with Gasteiger partial charge in [-0.2, -0.15) is 0 Å². The predicted molar refractivity (Wildman–Crippen MR) is 73.5 cm³/mol. The van der Waals surface area contributed by atoms with Crippen LogP contribution < -0.4 is 4.90 Å². The molecule has 4 nitrogen and oxygen atoms in total. The summed E-state index contributed by atoms with van der Waals surface area (Å²) in [4.78, 5) is 24.4. The van der Waals surface area contributed by atoms with Crippen LogP contribution in [0, 0.1) is 0 Å². The van der Waals surface area contributed by atoms with Crippen LogP contribution in [0.4, 0.5) is 5.69 Å². The molecule has 0 aromatic heterocycles. The minimum atomic E-state index is -0.803. The van der Waals surface area contributed by atoms with E-state index in [1.807, 2.05) is 32.0 Å². The van der Waals surface area contributed by atoms with Crippen molar-refractivity contribution in [2.24, 2.45) is 0 Å². The number of hydrogen-bond donors (Lipinski definition) is 1. The molecular formula is C15H19NO3. The van der Waals surface area contributed by atoms with Crippen LogP contribution in [0.2, 0.25) is 0 Å². The van der Waals surface area contributed by atoms with Crippen LogP contribution in [0.15, 0.2) is 18.2 Å². The number of fused-ring (bicyclic) bond motifs is 1. The number of benzene rings is 1. The van der Waals surface area contributed by atoms with Gasteiger partial charge >= 0.3 is 5.97 Å². The number of rotatable bonds is 3. The molecule has 1 aromatic carbocycles. The van der Waals surface area contributed by atoms with Gasteiger partial charge in [-0.15, -0.1) is 0 Å². The van der Waals surface area contributed by atoms with Gasteiger partial charge in [0.2, 0.25) is 5.91 Å². The number of amides is 1. The van der Waals surface area contributed by atoms with E-state index in [-0.39, 0.29) is 12.3 Å². The third-order valence-corrected chi connectivity index (χ3v) is 3.80. The van der Waals surface area contributed by atoms with Gasteiger partial charge in [0, 0.05) is 24.6 Å². The number of anilines is 1. The minimum absolute atomic E-state index is 0.0844. The molecule has 1 aromatic rings. The normalized spacial score (nSPS) is 15.3. The van der Waals surface area contributed by atoms with E-state index >= 15 is 0 Å². The number of carboxylic acids is 1. The first-order valence-electron chi connectivity index (χ1n) is 6.43. The van der Waals surface area contributed by atoms with Crippen LogP contribution >= 0.6 is 0 Å². The summed E-state index contributed by atoms with van der Waals surface area (Å²) < 4.78 is 0. The Hall–Kier alpha value is -1.84. The maximum Gasteiger partial charge on any atom is 0.304 e. The number of carboxylic acid groups (broad SMARTS) is 1. The van der Waals surface area contributed by atoms with E-state index in [1.54, 1.807) is 11.9 Å². The SMILES string of the molecule is CN1C(=O)CCc2c1cccc2C(C)(C)CC(=O)O. The molecule has 1 amide bonds. The van der Waals surface area contributed by atoms with Crippen molar-refractivity contribution in [3.8, 4) is 0 Å². The summed E-state index contributed by atoms with van der Waals surface area (Å²) in [6, 6.07) is 5.80. The molecule has 0 fully saturated rings. The molecule has 1 heterocycles. The van der Waals surface area contributed by atoms with Crippen LogP contribution in [-0.2, 0) is 21.4 Å². The second kappa shape index (κ2) is 4.68. The Morgan fingerprint density at radius 3 is 2.68 bits per heavy atom. The summed E-state index contributed by atoms with van der Waals surface area (Å²) in [5.41, 5.74) is 2.62. The van der Waals surface area contributed by atoms with Crippen LogP contribution in [0.3, 0.4) is 0 Å². The van der Waals surface area contributed by atoms with E-state index < -0.39 is 11.4 Å². The molecule has 0 radical (unpaired) electrons. The van der Waals surface area contributed by atoms with E-state index in [2.05, 4.69) is 0 Å². The van der Waals surface area contributed by atoms with E-state index in [1.165, 1.54) is 0 Å². The Labute approximate surface area is 113 Å². The van der Waals surface area contributed by atoms with E-state index in [9.17, 15) is 9.59 Å². The van der Waals surface area contributed by atoms with Gasteiger partial charge < -0.3 is 10.0 Å². The number of hydrogen-bond acceptors (Lipinski definition) is 2. The lowest BCUT2D eigenvalue weighted by Crippen LogP contribution is -2.33. The fourth-order valence-corrected chi connectivity index (χ4v) is 2.79. The van der Waals surface area contributed by atoms with Crippen molar-refractivity contribution in [1.82, 2.24) is 0 Å². The van der Waals surface area contributed by atoms with E-state index in [0.29, 0.717) is 12.8 Å². The van der Waals surface area contributed by atoms with Crippen molar-refractivity contribution in [1.29, 1.82) is 0 Å². The quantitative estimate of drug-likeness (QED) is 0.908. The summed E-state index contributed by atoms with van der Waals surface area (Å²) in [6.07, 6.45) is 1.27. The molecule has 4 heteroatoms. The van der Waals surface area contributed by atoms with E-state index in [0.717, 1.165) is 16.8 Å². The molecule has 102 valence electrons. The zero-order valence-electron chi connectivity index (χ0n) is 11.6. The fourth-order valence-electron chi connectivity index (χ4n) is 2.79. The summed E-state index contributed by atoms with van der Waals surface area (Å²) in [5.74, 6) is -0.691. The number of nitrogens with zero attached hydrogens (tertiary/aromatic N) is 1. The minimum Gasteiger partial charge on any atom is -0.481 e. The first kappa shape index (κ1) is 13.6. The lowest BCUT2D eigenvalue weighted by atomic mass is 9.77. The highest BCUT2D eigenvalue weighted by Crippen LogP contribution is 2.37. The highest BCUT2D eigenvalue weighted by atomic mass is 16.4. The van der Waals surface area contributed by atoms with Crippen LogP contribution in [0.1, 0.15) is 37.8 Å². The number of aliphatic carboxylic acids is 1. The maximum absolute atomic E-state index is 11.7. The van der Waals surface area contributed by atoms with Gasteiger partial charge in [0.25, 0.3) is 0 Å². The highest BCUT2D eigenvalue weighted by molar-refractivity contribution is 5.96. The first-order chi connectivity index (χ1) is 8.83. The Morgan fingerprint density at radius 1 is 1.37 bits per heavy atom. The number of carbonyl (C=O) groups is 2. The van der Waals surface area contributed by atoms with Gasteiger partial charge in [-0.25, -0.2) is 0 Å². The molecule has 2 rings (SSSR count). The molecular weight excluding hydrogens is 242 g/mol. The second-order valence-corrected chi connectivity index (χ2v) is 5.71. The molecule has 0 saturated carbocycles. The molecule has 0 unspecified atom stereocenters. The lowest BCUT2D eigenvalue weighted by molar-refractivity contribution is -0.138. The van der Waals surface area contributed by atoms with Gasteiger partial charge in [-0.3, -0.25) is 9.59 Å². The van der Waals surface area contributed by atoms with Gasteiger partial charge in [-0.1, -0.05) is 26.0 Å². The highest BCUT2D eigenvalue weighted by Gasteiger charge is 2.31. The molecule has 0 saturated heterocycles. The summed E-state index contributed by atoms with van der Waals surface area (Å²) in [5, 5.41) is 9.04. The fraction of sp³-hybridized carbons (Fsp3) is 0.467. The van der Waals surface area contributed by atoms with Gasteiger partial charge in [-0.05, 0) is 23.6 Å². The van der Waals surface area contributed by atoms with Gasteiger partial charge in [0.1, 0.15) is 0 Å². The largest absolute Gasteiger partial charge is 0.481 e. The van der Waals surface area contributed by atoms with Crippen molar-refractivity contribution >= 4 is 17.6 Å². The molecule has 0 aliphatic carbocycles.